The molecule has 0 radical (unpaired) electrons. The van der Waals surface area contributed by atoms with E-state index in [4.69, 9.17) is 23.1 Å². The summed E-state index contributed by atoms with van der Waals surface area (Å²) in [4.78, 5) is 0. The van der Waals surface area contributed by atoms with Crippen molar-refractivity contribution in [2.24, 2.45) is 0 Å². The van der Waals surface area contributed by atoms with Gasteiger partial charge < -0.3 is 28.2 Å². The van der Waals surface area contributed by atoms with Crippen LogP contribution in [0.1, 0.15) is 125 Å². The molecule has 0 amide bonds. The third-order valence-electron chi connectivity index (χ3n) is 10.9. The smallest absolute Gasteiger partial charge is 0.192 e. The lowest BCUT2D eigenvalue weighted by Crippen LogP contribution is -2.48. The maximum absolute atomic E-state index is 11.3. The molecule has 0 spiro atoms. The van der Waals surface area contributed by atoms with Crippen LogP contribution >= 0.6 is 0 Å². The molecule has 0 saturated heterocycles. The van der Waals surface area contributed by atoms with E-state index in [1.165, 1.54) is 25.7 Å². The van der Waals surface area contributed by atoms with E-state index in [-0.39, 0.29) is 40.6 Å². The second kappa shape index (κ2) is 20.1. The van der Waals surface area contributed by atoms with E-state index in [0.717, 1.165) is 49.8 Å². The second-order valence-corrected chi connectivity index (χ2v) is 26.7. The lowest BCUT2D eigenvalue weighted by atomic mass is 9.97. The fourth-order valence-electron chi connectivity index (χ4n) is 5.71. The highest BCUT2D eigenvalue weighted by Crippen LogP contribution is 2.41. The van der Waals surface area contributed by atoms with Crippen LogP contribution in [0.3, 0.4) is 0 Å². The van der Waals surface area contributed by atoms with Crippen LogP contribution in [0.25, 0.3) is 0 Å². The second-order valence-electron chi connectivity index (χ2n) is 17.2. The highest BCUT2D eigenvalue weighted by molar-refractivity contribution is 6.74. The monoisotopic (exact) mass is 707 g/mol. The average molecular weight is 707 g/mol. The largest absolute Gasteiger partial charge is 0.497 e. The average Bonchev–Trinajstić information content (AvgIpc) is 2.98. The quantitative estimate of drug-likeness (QED) is 0.0735. The molecular weight excluding hydrogens is 633 g/mol. The van der Waals surface area contributed by atoms with Crippen LogP contribution in [0.5, 0.6) is 5.75 Å². The van der Waals surface area contributed by atoms with Gasteiger partial charge in [0.15, 0.2) is 16.6 Å². The molecule has 0 unspecified atom stereocenters. The van der Waals surface area contributed by atoms with Crippen molar-refractivity contribution in [1.82, 2.24) is 0 Å². The Balaban J connectivity index is 2.13. The summed E-state index contributed by atoms with van der Waals surface area (Å²) in [6, 6.07) is 8.04. The molecular formula is C40H74O6Si2. The molecule has 1 heterocycles. The van der Waals surface area contributed by atoms with Gasteiger partial charge in [-0.2, -0.15) is 0 Å². The summed E-state index contributed by atoms with van der Waals surface area (Å²) in [6.07, 6.45) is 15.0. The molecule has 0 fully saturated rings. The Hall–Kier alpha value is -1.01. The van der Waals surface area contributed by atoms with E-state index in [1.54, 1.807) is 7.11 Å². The van der Waals surface area contributed by atoms with Crippen LogP contribution in [0, 0.1) is 0 Å². The minimum atomic E-state index is -2.08. The number of ether oxygens (including phenoxy) is 3. The highest BCUT2D eigenvalue weighted by Gasteiger charge is 2.43. The van der Waals surface area contributed by atoms with Crippen molar-refractivity contribution < 1.29 is 28.2 Å². The number of rotatable bonds is 22. The van der Waals surface area contributed by atoms with Gasteiger partial charge >= 0.3 is 0 Å². The Morgan fingerprint density at radius 1 is 0.854 bits per heavy atom. The van der Waals surface area contributed by atoms with E-state index in [0.29, 0.717) is 19.6 Å². The molecule has 1 aromatic rings. The summed E-state index contributed by atoms with van der Waals surface area (Å²) < 4.78 is 32.3. The molecule has 0 saturated carbocycles. The fraction of sp³-hybridized carbons (Fsp3) is 0.800. The Bertz CT molecular complexity index is 1040. The van der Waals surface area contributed by atoms with Crippen molar-refractivity contribution in [3.8, 4) is 5.75 Å². The first kappa shape index (κ1) is 43.2. The van der Waals surface area contributed by atoms with E-state index in [9.17, 15) is 5.11 Å². The predicted molar refractivity (Wildman–Crippen MR) is 207 cm³/mol. The predicted octanol–water partition coefficient (Wildman–Crippen LogP) is 11.0. The number of aliphatic hydroxyl groups is 1. The third-order valence-corrected chi connectivity index (χ3v) is 19.9. The van der Waals surface area contributed by atoms with E-state index < -0.39 is 16.6 Å². The van der Waals surface area contributed by atoms with Gasteiger partial charge in [0.1, 0.15) is 5.75 Å². The molecule has 48 heavy (non-hydrogen) atoms. The van der Waals surface area contributed by atoms with Crippen molar-refractivity contribution in [3.63, 3.8) is 0 Å². The standard InChI is InChI=1S/C40H74O6Si2/c1-13-14-15-16-17-19-33(41)28-37(45-47(9,10)39(2,3)4)30-38(46-48(11,12)40(5,6)7)29-36-21-18-20-35(44-36)26-27-43-31-32-22-24-34(42-8)25-23-32/h18,21-25,33,35-38,41H,13-17,19-20,26-31H2,1-12H3/t33-,35+,36+,37-,38+/m1/s1. The number of hydrogen-bond donors (Lipinski definition) is 1. The van der Waals surface area contributed by atoms with Gasteiger partial charge in [0.25, 0.3) is 0 Å². The first-order valence-corrected chi connectivity index (χ1v) is 24.7. The number of unbranched alkanes of at least 4 members (excludes halogenated alkanes) is 4. The molecule has 1 aliphatic rings. The SMILES string of the molecule is CCCCCCC[C@@H](O)C[C@H](C[C@H](C[C@@H]1C=CC[C@@H](CCOCc2ccc(OC)cc2)O1)O[Si](C)(C)C(C)(C)C)O[Si](C)(C)C(C)(C)C. The van der Waals surface area contributed by atoms with Gasteiger partial charge in [0.2, 0.25) is 0 Å². The van der Waals surface area contributed by atoms with Gasteiger partial charge in [-0.05, 0) is 86.1 Å². The molecule has 0 aromatic heterocycles. The summed E-state index contributed by atoms with van der Waals surface area (Å²) >= 11 is 0. The summed E-state index contributed by atoms with van der Waals surface area (Å²) in [6.45, 7) is 26.6. The van der Waals surface area contributed by atoms with Crippen molar-refractivity contribution in [2.45, 2.75) is 192 Å². The number of benzene rings is 1. The lowest BCUT2D eigenvalue weighted by molar-refractivity contribution is -0.0390. The number of methoxy groups -OCH3 is 1. The minimum absolute atomic E-state index is 0.0165. The molecule has 1 aliphatic heterocycles. The minimum Gasteiger partial charge on any atom is -0.497 e. The van der Waals surface area contributed by atoms with Crippen molar-refractivity contribution in [2.75, 3.05) is 13.7 Å². The van der Waals surface area contributed by atoms with Gasteiger partial charge in [-0.15, -0.1) is 0 Å². The summed E-state index contributed by atoms with van der Waals surface area (Å²) in [7, 11) is -2.48. The number of hydrogen-bond acceptors (Lipinski definition) is 6. The first-order valence-electron chi connectivity index (χ1n) is 18.9. The topological polar surface area (TPSA) is 66.4 Å². The number of aliphatic hydroxyl groups excluding tert-OH is 1. The molecule has 1 N–H and O–H groups in total. The summed E-state index contributed by atoms with van der Waals surface area (Å²) in [5.74, 6) is 0.856. The van der Waals surface area contributed by atoms with E-state index in [2.05, 4.69) is 86.8 Å². The van der Waals surface area contributed by atoms with Gasteiger partial charge in [-0.25, -0.2) is 0 Å². The van der Waals surface area contributed by atoms with E-state index >= 15 is 0 Å². The molecule has 2 rings (SSSR count). The van der Waals surface area contributed by atoms with Crippen LogP contribution in [0.4, 0.5) is 0 Å². The van der Waals surface area contributed by atoms with Crippen molar-refractivity contribution in [3.05, 3.63) is 42.0 Å². The molecule has 8 heteroatoms. The van der Waals surface area contributed by atoms with Gasteiger partial charge in [0.05, 0.1) is 38.1 Å². The molecule has 6 nitrogen and oxygen atoms in total. The molecule has 5 atom stereocenters. The fourth-order valence-corrected chi connectivity index (χ4v) is 8.46. The first-order chi connectivity index (χ1) is 22.4. The zero-order valence-corrected chi connectivity index (χ0v) is 35.0. The van der Waals surface area contributed by atoms with Crippen LogP contribution in [0.15, 0.2) is 36.4 Å². The zero-order chi connectivity index (χ0) is 36.0. The Labute approximate surface area is 298 Å². The van der Waals surface area contributed by atoms with E-state index in [1.807, 2.05) is 24.3 Å². The maximum Gasteiger partial charge on any atom is 0.192 e. The van der Waals surface area contributed by atoms with Gasteiger partial charge in [-0.1, -0.05) is 105 Å². The Kier molecular flexibility index (Phi) is 18.1. The lowest BCUT2D eigenvalue weighted by Gasteiger charge is -2.43. The Morgan fingerprint density at radius 3 is 2.04 bits per heavy atom. The van der Waals surface area contributed by atoms with Gasteiger partial charge in [0, 0.05) is 19.1 Å². The summed E-state index contributed by atoms with van der Waals surface area (Å²) in [5.41, 5.74) is 1.14. The highest BCUT2D eigenvalue weighted by atomic mass is 28.4. The Morgan fingerprint density at radius 2 is 1.46 bits per heavy atom. The third kappa shape index (κ3) is 15.5. The summed E-state index contributed by atoms with van der Waals surface area (Å²) in [5, 5.41) is 11.4. The zero-order valence-electron chi connectivity index (χ0n) is 33.0. The van der Waals surface area contributed by atoms with Crippen LogP contribution in [-0.2, 0) is 24.9 Å². The van der Waals surface area contributed by atoms with Gasteiger partial charge in [-0.3, -0.25) is 0 Å². The molecule has 0 bridgehead atoms. The molecule has 1 aromatic carbocycles. The molecule has 0 aliphatic carbocycles. The van der Waals surface area contributed by atoms with Crippen LogP contribution in [-0.4, -0.2) is 66.0 Å². The molecule has 278 valence electrons. The normalized spacial score (nSPS) is 19.7. The van der Waals surface area contributed by atoms with Crippen molar-refractivity contribution >= 4 is 16.6 Å². The van der Waals surface area contributed by atoms with Crippen molar-refractivity contribution in [1.29, 1.82) is 0 Å². The van der Waals surface area contributed by atoms with Crippen LogP contribution < -0.4 is 4.74 Å². The maximum atomic E-state index is 11.3. The van der Waals surface area contributed by atoms with Crippen LogP contribution in [0.2, 0.25) is 36.3 Å².